The fraction of sp³-hybridized carbons (Fsp3) is 0.273. The van der Waals surface area contributed by atoms with E-state index in [0.717, 1.165) is 114 Å². The normalized spacial score (nSPS) is 17.8. The van der Waals surface area contributed by atoms with Crippen LogP contribution in [0.2, 0.25) is 0 Å². The first-order chi connectivity index (χ1) is 43.2. The van der Waals surface area contributed by atoms with Gasteiger partial charge in [0.25, 0.3) is 0 Å². The Kier molecular flexibility index (Phi) is 16.4. The van der Waals surface area contributed by atoms with Crippen molar-refractivity contribution in [2.24, 2.45) is 0 Å². The van der Waals surface area contributed by atoms with Crippen LogP contribution >= 0.6 is 31.9 Å². The minimum absolute atomic E-state index is 0.120. The van der Waals surface area contributed by atoms with Gasteiger partial charge in [0.05, 0.1) is 33.6 Å². The highest BCUT2D eigenvalue weighted by atomic mass is 79.9. The first-order valence-electron chi connectivity index (χ1n) is 31.4. The van der Waals surface area contributed by atoms with Crippen LogP contribution in [0.25, 0.3) is 110 Å². The number of benzene rings is 10. The summed E-state index contributed by atoms with van der Waals surface area (Å²) in [6.07, 6.45) is 0.120. The molecule has 12 aromatic rings. The van der Waals surface area contributed by atoms with E-state index in [9.17, 15) is 0 Å². The van der Waals surface area contributed by atoms with Crippen LogP contribution in [0.4, 0.5) is 0 Å². The summed E-state index contributed by atoms with van der Waals surface area (Å²) in [5.41, 5.74) is 7.84. The Bertz CT molecular complexity index is 4670. The maximum absolute atomic E-state index is 7.05. The molecule has 0 atom stereocenters. The van der Waals surface area contributed by atoms with Gasteiger partial charge in [-0.25, -0.2) is 0 Å². The lowest BCUT2D eigenvalue weighted by Crippen LogP contribution is -2.41. The van der Waals surface area contributed by atoms with Crippen molar-refractivity contribution >= 4 is 129 Å². The van der Waals surface area contributed by atoms with Crippen molar-refractivity contribution in [2.75, 3.05) is 0 Å². The molecule has 0 spiro atoms. The van der Waals surface area contributed by atoms with Crippen LogP contribution in [0.15, 0.2) is 212 Å². The number of rotatable bonds is 8. The summed E-state index contributed by atoms with van der Waals surface area (Å²) in [5, 5.41) is 11.2. The molecule has 2 aromatic heterocycles. The van der Waals surface area contributed by atoms with Gasteiger partial charge in [0.15, 0.2) is 0 Å². The summed E-state index contributed by atoms with van der Waals surface area (Å²) in [6.45, 7) is 28.7. The molecule has 0 unspecified atom stereocenters. The minimum Gasteiger partial charge on any atom is -0.455 e. The van der Waals surface area contributed by atoms with Crippen LogP contribution in [0.3, 0.4) is 0 Å². The van der Waals surface area contributed by atoms with E-state index in [1.165, 1.54) is 16.2 Å². The molecule has 0 amide bonds. The summed E-state index contributed by atoms with van der Waals surface area (Å²) in [7, 11) is -1.50. The van der Waals surface area contributed by atoms with Crippen LogP contribution in [-0.2, 0) is 32.6 Å². The third kappa shape index (κ3) is 11.5. The van der Waals surface area contributed by atoms with Gasteiger partial charge < -0.3 is 41.4 Å². The zero-order valence-electron chi connectivity index (χ0n) is 54.2. The van der Waals surface area contributed by atoms with Gasteiger partial charge in [-0.05, 0) is 176 Å². The first kappa shape index (κ1) is 63.0. The molecule has 3 fully saturated rings. The van der Waals surface area contributed by atoms with E-state index in [1.54, 1.807) is 0 Å². The Balaban J connectivity index is 0.000000147. The van der Waals surface area contributed by atoms with E-state index in [1.807, 2.05) is 53.7 Å². The van der Waals surface area contributed by atoms with Crippen LogP contribution < -0.4 is 10.9 Å². The molecule has 0 bridgehead atoms. The molecule has 14 heteroatoms. The summed E-state index contributed by atoms with van der Waals surface area (Å²) in [4.78, 5) is 0. The van der Waals surface area contributed by atoms with Crippen molar-refractivity contribution in [3.8, 4) is 44.9 Å². The molecule has 3 saturated heterocycles. The Hall–Kier alpha value is -6.81. The predicted molar refractivity (Wildman–Crippen MR) is 383 cm³/mol. The highest BCUT2D eigenvalue weighted by Gasteiger charge is 2.54. The Morgan fingerprint density at radius 2 is 0.626 bits per heavy atom. The fourth-order valence-electron chi connectivity index (χ4n) is 12.3. The third-order valence-electron chi connectivity index (χ3n) is 19.3. The second kappa shape index (κ2) is 23.6. The highest BCUT2D eigenvalue weighted by molar-refractivity contribution is 9.10. The van der Waals surface area contributed by atoms with Crippen molar-refractivity contribution in [2.45, 2.75) is 137 Å². The zero-order valence-corrected chi connectivity index (χ0v) is 57.4. The fourth-order valence-corrected chi connectivity index (χ4v) is 13.0. The van der Waals surface area contributed by atoms with E-state index >= 15 is 0 Å². The molecule has 9 nitrogen and oxygen atoms in total. The second-order valence-corrected chi connectivity index (χ2v) is 29.2. The van der Waals surface area contributed by atoms with Gasteiger partial charge in [0.2, 0.25) is 0 Å². The van der Waals surface area contributed by atoms with E-state index in [2.05, 4.69) is 269 Å². The van der Waals surface area contributed by atoms with Crippen molar-refractivity contribution < 1.29 is 41.4 Å². The SMILES string of the molecule is Brc1ccc2c3ccc(Br)cc3c3c(-c4ccccc4)c(-c4ccccc4)oc3c2c1.CC(C)OB1OC(C)(C)C(C)(C)O1.CC1(C)OB(c2ccc3c4ccc(B5OC(C)(C)C(C)(C)O5)cc4c4c(-c5ccccc5)c(-c5ccccc5)oc4c3c2)OC1(C)C. The number of furan rings is 2. The Labute approximate surface area is 551 Å². The first-order valence-corrected chi connectivity index (χ1v) is 33.0. The summed E-state index contributed by atoms with van der Waals surface area (Å²) in [6, 6.07) is 67.8. The summed E-state index contributed by atoms with van der Waals surface area (Å²) in [5.74, 6) is 1.73. The van der Waals surface area contributed by atoms with Gasteiger partial charge in [-0.1, -0.05) is 202 Å². The number of halogens is 2. The van der Waals surface area contributed by atoms with E-state index in [-0.39, 0.29) is 17.3 Å². The Morgan fingerprint density at radius 3 is 1.00 bits per heavy atom. The molecule has 3 aliphatic heterocycles. The smallest absolute Gasteiger partial charge is 0.455 e. The monoisotopic (exact) mass is 1330 g/mol. The lowest BCUT2D eigenvalue weighted by Gasteiger charge is -2.32. The van der Waals surface area contributed by atoms with Gasteiger partial charge in [0.1, 0.15) is 22.7 Å². The number of fused-ring (bicyclic) bond motifs is 12. The van der Waals surface area contributed by atoms with Crippen LogP contribution in [-0.4, -0.2) is 61.3 Å². The molecule has 0 N–H and O–H groups in total. The molecule has 0 radical (unpaired) electrons. The van der Waals surface area contributed by atoms with Crippen molar-refractivity contribution in [3.63, 3.8) is 0 Å². The molecule has 0 aliphatic carbocycles. The summed E-state index contributed by atoms with van der Waals surface area (Å²) >= 11 is 7.35. The third-order valence-corrected chi connectivity index (χ3v) is 20.3. The Morgan fingerprint density at radius 1 is 0.330 bits per heavy atom. The molecule has 0 saturated carbocycles. The number of hydrogen-bond acceptors (Lipinski definition) is 9. The number of hydrogen-bond donors (Lipinski definition) is 0. The van der Waals surface area contributed by atoms with Gasteiger partial charge in [-0.15, -0.1) is 0 Å². The standard InChI is InChI=1S/C40H40B2O5.C28H16Br2O.C9H19BO3/c1-37(2)38(3,4)45-41(44-37)27-19-21-29-30-22-20-28(42-46-39(5,6)40(7,8)47-42)24-32(30)36-34(31(29)23-27)33(25-15-11-9-12-16-25)35(43-36)26-17-13-10-14-18-26;29-19-11-13-21-22-14-12-20(30)16-24(22)28-26(23(21)15-19)25(17-7-3-1-4-8-17)27(31-28)18-9-5-2-6-10-18;1-7(2)11-10-12-8(3,4)9(5,6)13-10/h9-24H,1-8H3;1-16H;7H,1-6H3. The summed E-state index contributed by atoms with van der Waals surface area (Å²) < 4.78 is 58.6. The van der Waals surface area contributed by atoms with Gasteiger partial charge >= 0.3 is 21.6 Å². The second-order valence-electron chi connectivity index (χ2n) is 27.4. The van der Waals surface area contributed by atoms with Crippen LogP contribution in [0.1, 0.15) is 96.9 Å². The van der Waals surface area contributed by atoms with Gasteiger partial charge in [-0.2, -0.15) is 0 Å². The van der Waals surface area contributed by atoms with Crippen molar-refractivity contribution in [1.29, 1.82) is 0 Å². The van der Waals surface area contributed by atoms with Gasteiger partial charge in [-0.3, -0.25) is 0 Å². The van der Waals surface area contributed by atoms with Crippen molar-refractivity contribution in [3.05, 3.63) is 203 Å². The maximum atomic E-state index is 7.05. The van der Waals surface area contributed by atoms with E-state index in [0.29, 0.717) is 0 Å². The quantitative estimate of drug-likeness (QED) is 0.109. The molecular weight excluding hydrogens is 1260 g/mol. The van der Waals surface area contributed by atoms with E-state index in [4.69, 9.17) is 41.4 Å². The predicted octanol–water partition coefficient (Wildman–Crippen LogP) is 20.3. The average Bonchev–Trinajstić information content (AvgIpc) is 1.64. The molecule has 5 heterocycles. The highest BCUT2D eigenvalue weighted by Crippen LogP contribution is 2.50. The molecule has 460 valence electrons. The molecule has 3 aliphatic rings. The lowest BCUT2D eigenvalue weighted by molar-refractivity contribution is 0.00578. The molecule has 91 heavy (non-hydrogen) atoms. The average molecular weight is 1340 g/mol. The van der Waals surface area contributed by atoms with Crippen LogP contribution in [0.5, 0.6) is 0 Å². The lowest BCUT2D eigenvalue weighted by atomic mass is 9.76. The minimum atomic E-state index is -0.523. The zero-order chi connectivity index (χ0) is 64.2. The molecule has 10 aromatic carbocycles. The topological polar surface area (TPSA) is 90.9 Å². The molecular formula is C77H75B3Br2O9. The maximum Gasteiger partial charge on any atom is 0.640 e. The largest absolute Gasteiger partial charge is 0.640 e. The molecule has 15 rings (SSSR count). The van der Waals surface area contributed by atoms with Crippen molar-refractivity contribution in [1.82, 2.24) is 0 Å². The van der Waals surface area contributed by atoms with Crippen LogP contribution in [0, 0.1) is 0 Å². The van der Waals surface area contributed by atoms with E-state index < -0.39 is 44.0 Å². The van der Waals surface area contributed by atoms with Gasteiger partial charge in [0, 0.05) is 58.8 Å².